The highest BCUT2D eigenvalue weighted by Crippen LogP contribution is 2.28. The van der Waals surface area contributed by atoms with Crippen LogP contribution in [0.15, 0.2) is 65.8 Å². The second kappa shape index (κ2) is 6.83. The van der Waals surface area contributed by atoms with Gasteiger partial charge in [0.2, 0.25) is 0 Å². The van der Waals surface area contributed by atoms with E-state index in [2.05, 4.69) is 10.5 Å². The molecule has 0 unspecified atom stereocenters. The molecule has 0 aliphatic carbocycles. The summed E-state index contributed by atoms with van der Waals surface area (Å²) in [5.41, 5.74) is 3.33. The summed E-state index contributed by atoms with van der Waals surface area (Å²) in [4.78, 5) is 12.2. The maximum Gasteiger partial charge on any atom is 0.275 e. The highest BCUT2D eigenvalue weighted by molar-refractivity contribution is 6.03. The lowest BCUT2D eigenvalue weighted by Gasteiger charge is -2.07. The van der Waals surface area contributed by atoms with E-state index in [1.165, 1.54) is 6.21 Å². The molecule has 3 aromatic carbocycles. The van der Waals surface area contributed by atoms with Crippen molar-refractivity contribution in [2.45, 2.75) is 0 Å². The minimum absolute atomic E-state index is 0.0573. The van der Waals surface area contributed by atoms with Crippen molar-refractivity contribution >= 4 is 22.9 Å². The molecule has 3 rings (SSSR count). The van der Waals surface area contributed by atoms with E-state index in [-0.39, 0.29) is 11.3 Å². The zero-order chi connectivity index (χ0) is 16.9. The SMILES string of the molecule is COc1ccccc1/C=N\NC(=O)c1ccc2ccccc2c1O. The van der Waals surface area contributed by atoms with Gasteiger partial charge in [0.25, 0.3) is 5.91 Å². The molecule has 2 N–H and O–H groups in total. The summed E-state index contributed by atoms with van der Waals surface area (Å²) in [7, 11) is 1.57. The Balaban J connectivity index is 1.80. The van der Waals surface area contributed by atoms with Gasteiger partial charge < -0.3 is 9.84 Å². The Kier molecular flexibility index (Phi) is 4.43. The zero-order valence-corrected chi connectivity index (χ0v) is 13.1. The monoisotopic (exact) mass is 320 g/mol. The Morgan fingerprint density at radius 3 is 2.67 bits per heavy atom. The molecule has 0 saturated carbocycles. The number of rotatable bonds is 4. The van der Waals surface area contributed by atoms with E-state index < -0.39 is 5.91 Å². The van der Waals surface area contributed by atoms with Crippen molar-refractivity contribution in [3.8, 4) is 11.5 Å². The van der Waals surface area contributed by atoms with E-state index in [0.29, 0.717) is 11.1 Å². The fraction of sp³-hybridized carbons (Fsp3) is 0.0526. The third-order valence-corrected chi connectivity index (χ3v) is 3.65. The number of hydrogen-bond donors (Lipinski definition) is 2. The van der Waals surface area contributed by atoms with Crippen LogP contribution in [-0.4, -0.2) is 24.3 Å². The lowest BCUT2D eigenvalue weighted by atomic mass is 10.1. The number of methoxy groups -OCH3 is 1. The van der Waals surface area contributed by atoms with Crippen molar-refractivity contribution in [3.05, 3.63) is 71.8 Å². The molecule has 0 aromatic heterocycles. The van der Waals surface area contributed by atoms with Gasteiger partial charge in [0.05, 0.1) is 18.9 Å². The van der Waals surface area contributed by atoms with Gasteiger partial charge in [-0.2, -0.15) is 5.10 Å². The van der Waals surface area contributed by atoms with Crippen molar-refractivity contribution in [1.29, 1.82) is 0 Å². The first kappa shape index (κ1) is 15.6. The Morgan fingerprint density at radius 2 is 1.83 bits per heavy atom. The second-order valence-electron chi connectivity index (χ2n) is 5.12. The molecule has 24 heavy (non-hydrogen) atoms. The number of nitrogens with zero attached hydrogens (tertiary/aromatic N) is 1. The van der Waals surface area contributed by atoms with E-state index in [9.17, 15) is 9.90 Å². The predicted molar refractivity (Wildman–Crippen MR) is 93.7 cm³/mol. The van der Waals surface area contributed by atoms with Crippen LogP contribution >= 0.6 is 0 Å². The molecular weight excluding hydrogens is 304 g/mol. The number of ether oxygens (including phenoxy) is 1. The molecule has 0 radical (unpaired) electrons. The molecule has 0 aliphatic rings. The van der Waals surface area contributed by atoms with Gasteiger partial charge in [-0.1, -0.05) is 42.5 Å². The van der Waals surface area contributed by atoms with Crippen molar-refractivity contribution < 1.29 is 14.6 Å². The summed E-state index contributed by atoms with van der Waals surface area (Å²) in [5, 5.41) is 15.7. The van der Waals surface area contributed by atoms with Crippen molar-refractivity contribution in [3.63, 3.8) is 0 Å². The standard InChI is InChI=1S/C19H16N2O3/c1-24-17-9-5-3-7-14(17)12-20-21-19(23)16-11-10-13-6-2-4-8-15(13)18(16)22/h2-12,22H,1H3,(H,21,23)/b20-12-. The van der Waals surface area contributed by atoms with Crippen molar-refractivity contribution in [1.82, 2.24) is 5.43 Å². The number of phenols is 1. The van der Waals surface area contributed by atoms with Crippen LogP contribution in [0.1, 0.15) is 15.9 Å². The Labute approximate surface area is 139 Å². The Hall–Kier alpha value is -3.34. The van der Waals surface area contributed by atoms with Crippen LogP contribution in [0.2, 0.25) is 0 Å². The molecule has 0 spiro atoms. The Bertz CT molecular complexity index is 919. The molecular formula is C19H16N2O3. The number of hydrazone groups is 1. The van der Waals surface area contributed by atoms with Crippen molar-refractivity contribution in [2.24, 2.45) is 5.10 Å². The van der Waals surface area contributed by atoms with Crippen LogP contribution in [-0.2, 0) is 0 Å². The van der Waals surface area contributed by atoms with Crippen LogP contribution in [0.25, 0.3) is 10.8 Å². The maximum absolute atomic E-state index is 12.2. The van der Waals surface area contributed by atoms with E-state index in [0.717, 1.165) is 10.9 Å². The van der Waals surface area contributed by atoms with Gasteiger partial charge in [-0.15, -0.1) is 0 Å². The van der Waals surface area contributed by atoms with E-state index in [1.54, 1.807) is 31.4 Å². The number of benzene rings is 3. The number of hydrogen-bond acceptors (Lipinski definition) is 4. The summed E-state index contributed by atoms with van der Waals surface area (Å²) < 4.78 is 5.21. The van der Waals surface area contributed by atoms with Gasteiger partial charge in [0, 0.05) is 10.9 Å². The number of aromatic hydroxyl groups is 1. The number of para-hydroxylation sites is 1. The number of carbonyl (C=O) groups is 1. The summed E-state index contributed by atoms with van der Waals surface area (Å²) >= 11 is 0. The van der Waals surface area contributed by atoms with Crippen LogP contribution in [0.3, 0.4) is 0 Å². The molecule has 120 valence electrons. The molecule has 3 aromatic rings. The molecule has 0 fully saturated rings. The van der Waals surface area contributed by atoms with Crippen LogP contribution in [0.4, 0.5) is 0 Å². The van der Waals surface area contributed by atoms with Gasteiger partial charge in [-0.05, 0) is 23.6 Å². The fourth-order valence-electron chi connectivity index (χ4n) is 2.43. The average Bonchev–Trinajstić information content (AvgIpc) is 2.62. The highest BCUT2D eigenvalue weighted by atomic mass is 16.5. The van der Waals surface area contributed by atoms with Gasteiger partial charge in [0.15, 0.2) is 0 Å². The van der Waals surface area contributed by atoms with E-state index >= 15 is 0 Å². The smallest absolute Gasteiger partial charge is 0.275 e. The molecule has 0 bridgehead atoms. The van der Waals surface area contributed by atoms with Crippen LogP contribution in [0.5, 0.6) is 11.5 Å². The molecule has 0 aliphatic heterocycles. The number of carbonyl (C=O) groups excluding carboxylic acids is 1. The molecule has 5 heteroatoms. The molecule has 5 nitrogen and oxygen atoms in total. The molecule has 0 saturated heterocycles. The van der Waals surface area contributed by atoms with Crippen molar-refractivity contribution in [2.75, 3.05) is 7.11 Å². The minimum atomic E-state index is -0.482. The minimum Gasteiger partial charge on any atom is -0.506 e. The zero-order valence-electron chi connectivity index (χ0n) is 13.1. The molecule has 0 heterocycles. The van der Waals surface area contributed by atoms with E-state index in [1.807, 2.05) is 36.4 Å². The predicted octanol–water partition coefficient (Wildman–Crippen LogP) is 3.32. The van der Waals surface area contributed by atoms with Crippen LogP contribution in [0, 0.1) is 0 Å². The second-order valence-corrected chi connectivity index (χ2v) is 5.12. The number of nitrogens with one attached hydrogen (secondary N) is 1. The third kappa shape index (κ3) is 3.05. The molecule has 0 atom stereocenters. The van der Waals surface area contributed by atoms with Gasteiger partial charge >= 0.3 is 0 Å². The van der Waals surface area contributed by atoms with Gasteiger partial charge in [0.1, 0.15) is 11.5 Å². The topological polar surface area (TPSA) is 70.9 Å². The Morgan fingerprint density at radius 1 is 1.08 bits per heavy atom. The number of fused-ring (bicyclic) bond motifs is 1. The normalized spacial score (nSPS) is 10.9. The van der Waals surface area contributed by atoms with Gasteiger partial charge in [-0.25, -0.2) is 5.43 Å². The first-order chi connectivity index (χ1) is 11.7. The summed E-state index contributed by atoms with van der Waals surface area (Å²) in [5.74, 6) is 0.117. The maximum atomic E-state index is 12.2. The summed E-state index contributed by atoms with van der Waals surface area (Å²) in [6, 6.07) is 18.0. The average molecular weight is 320 g/mol. The quantitative estimate of drug-likeness (QED) is 0.572. The number of amides is 1. The third-order valence-electron chi connectivity index (χ3n) is 3.65. The lowest BCUT2D eigenvalue weighted by molar-refractivity contribution is 0.0952. The fourth-order valence-corrected chi connectivity index (χ4v) is 2.43. The van der Waals surface area contributed by atoms with E-state index in [4.69, 9.17) is 4.74 Å². The largest absolute Gasteiger partial charge is 0.506 e. The molecule has 1 amide bonds. The van der Waals surface area contributed by atoms with Gasteiger partial charge in [-0.3, -0.25) is 4.79 Å². The lowest BCUT2D eigenvalue weighted by Crippen LogP contribution is -2.17. The highest BCUT2D eigenvalue weighted by Gasteiger charge is 2.13. The summed E-state index contributed by atoms with van der Waals surface area (Å²) in [6.45, 7) is 0. The summed E-state index contributed by atoms with van der Waals surface area (Å²) in [6.07, 6.45) is 1.49. The van der Waals surface area contributed by atoms with Crippen LogP contribution < -0.4 is 10.2 Å². The first-order valence-corrected chi connectivity index (χ1v) is 7.38. The first-order valence-electron chi connectivity index (χ1n) is 7.38. The number of phenolic OH excluding ortho intramolecular Hbond substituents is 1.